The Morgan fingerprint density at radius 1 is 1.12 bits per heavy atom. The van der Waals surface area contributed by atoms with Crippen molar-refractivity contribution in [3.8, 4) is 0 Å². The highest BCUT2D eigenvalue weighted by atomic mass is 35.5. The second-order valence-corrected chi connectivity index (χ2v) is 8.09. The van der Waals surface area contributed by atoms with E-state index in [0.717, 1.165) is 10.8 Å². The predicted octanol–water partition coefficient (Wildman–Crippen LogP) is 4.51. The number of nitrogens with zero attached hydrogens (tertiary/aromatic N) is 2. The molecule has 10 heteroatoms. The molecule has 0 bridgehead atoms. The van der Waals surface area contributed by atoms with Gasteiger partial charge in [0.25, 0.3) is 0 Å². The van der Waals surface area contributed by atoms with Gasteiger partial charge in [-0.2, -0.15) is 0 Å². The van der Waals surface area contributed by atoms with Gasteiger partial charge >= 0.3 is 18.1 Å². The highest BCUT2D eigenvalue weighted by Crippen LogP contribution is 2.18. The maximum atomic E-state index is 12.7. The number of nitrogens with one attached hydrogen (secondary N) is 2. The number of anilines is 1. The van der Waals surface area contributed by atoms with Crippen molar-refractivity contribution in [1.82, 2.24) is 15.2 Å². The molecule has 3 N–H and O–H groups in total. The zero-order valence-electron chi connectivity index (χ0n) is 18.7. The molecule has 0 saturated heterocycles. The van der Waals surface area contributed by atoms with Gasteiger partial charge < -0.3 is 20.1 Å². The molecule has 178 valence electrons. The maximum absolute atomic E-state index is 12.7. The molecule has 0 aliphatic rings. The molecule has 34 heavy (non-hydrogen) atoms. The van der Waals surface area contributed by atoms with E-state index in [-0.39, 0.29) is 12.4 Å². The van der Waals surface area contributed by atoms with E-state index in [9.17, 15) is 19.5 Å². The molecule has 0 saturated carbocycles. The molecule has 0 radical (unpaired) electrons. The van der Waals surface area contributed by atoms with Gasteiger partial charge in [-0.25, -0.2) is 14.6 Å². The Balaban J connectivity index is 1.63. The van der Waals surface area contributed by atoms with Crippen molar-refractivity contribution < 1.29 is 24.2 Å². The van der Waals surface area contributed by atoms with E-state index >= 15 is 0 Å². The van der Waals surface area contributed by atoms with Crippen LogP contribution in [0.3, 0.4) is 0 Å². The van der Waals surface area contributed by atoms with Gasteiger partial charge in [0.2, 0.25) is 0 Å². The Bertz CT molecular complexity index is 1190. The normalized spacial score (nSPS) is 12.4. The number of pyridine rings is 1. The monoisotopic (exact) mass is 484 g/mol. The van der Waals surface area contributed by atoms with Crippen molar-refractivity contribution in [3.63, 3.8) is 0 Å². The molecule has 1 unspecified atom stereocenters. The standard InChI is InChI=1S/C24H25ClN4O5/c1-15(34-24(33)28-21-11-16-7-3-4-8-17(16)13-26-21)20(12-22(30)31)29(2)23(32)27-14-18-9-5-6-10-19(18)25/h3-11,13,15,20H,12,14H2,1-2H3,(H,27,32)(H,30,31)(H,26,28,33)/t15?,20-/m0/s1. The number of urea groups is 1. The lowest BCUT2D eigenvalue weighted by Gasteiger charge is -2.31. The predicted molar refractivity (Wildman–Crippen MR) is 129 cm³/mol. The first-order valence-corrected chi connectivity index (χ1v) is 10.9. The van der Waals surface area contributed by atoms with Gasteiger partial charge in [0.05, 0.1) is 12.5 Å². The summed E-state index contributed by atoms with van der Waals surface area (Å²) in [5, 5.41) is 16.9. The summed E-state index contributed by atoms with van der Waals surface area (Å²) >= 11 is 6.11. The number of carboxylic acid groups (broad SMARTS) is 1. The van der Waals surface area contributed by atoms with Gasteiger partial charge in [-0.05, 0) is 30.0 Å². The summed E-state index contributed by atoms with van der Waals surface area (Å²) in [5.41, 5.74) is 0.715. The minimum Gasteiger partial charge on any atom is -0.481 e. The number of amides is 3. The number of fused-ring (bicyclic) bond motifs is 1. The van der Waals surface area contributed by atoms with Crippen LogP contribution in [0.15, 0.2) is 60.8 Å². The van der Waals surface area contributed by atoms with Gasteiger partial charge in [-0.3, -0.25) is 10.1 Å². The van der Waals surface area contributed by atoms with Gasteiger partial charge in [0.15, 0.2) is 0 Å². The molecule has 2 aromatic carbocycles. The Kier molecular flexibility index (Phi) is 8.26. The summed E-state index contributed by atoms with van der Waals surface area (Å²) in [6.45, 7) is 1.69. The lowest BCUT2D eigenvalue weighted by Crippen LogP contribution is -2.50. The molecule has 1 heterocycles. The van der Waals surface area contributed by atoms with Crippen LogP contribution in [-0.4, -0.2) is 52.3 Å². The number of carboxylic acids is 1. The number of halogens is 1. The molecule has 0 aliphatic carbocycles. The average molecular weight is 485 g/mol. The number of aliphatic carboxylic acids is 1. The second kappa shape index (κ2) is 11.3. The Labute approximate surface area is 201 Å². The van der Waals surface area contributed by atoms with Crippen LogP contribution in [0.25, 0.3) is 10.8 Å². The van der Waals surface area contributed by atoms with Crippen molar-refractivity contribution in [2.45, 2.75) is 32.0 Å². The zero-order chi connectivity index (χ0) is 24.7. The molecule has 9 nitrogen and oxygen atoms in total. The van der Waals surface area contributed by atoms with Gasteiger partial charge in [0.1, 0.15) is 11.9 Å². The zero-order valence-corrected chi connectivity index (χ0v) is 19.5. The second-order valence-electron chi connectivity index (χ2n) is 7.68. The van der Waals surface area contributed by atoms with Crippen LogP contribution in [0.5, 0.6) is 0 Å². The Hall–Kier alpha value is -3.85. The van der Waals surface area contributed by atoms with Crippen LogP contribution in [0, 0.1) is 0 Å². The fourth-order valence-corrected chi connectivity index (χ4v) is 3.62. The number of aromatic nitrogens is 1. The van der Waals surface area contributed by atoms with Crippen LogP contribution in [0.2, 0.25) is 5.02 Å². The van der Waals surface area contributed by atoms with Crippen LogP contribution < -0.4 is 10.6 Å². The first-order chi connectivity index (χ1) is 16.2. The van der Waals surface area contributed by atoms with Crippen LogP contribution in [0.4, 0.5) is 15.4 Å². The summed E-state index contributed by atoms with van der Waals surface area (Å²) in [6, 6.07) is 14.8. The summed E-state index contributed by atoms with van der Waals surface area (Å²) in [7, 11) is 1.44. The largest absolute Gasteiger partial charge is 0.481 e. The van der Waals surface area contributed by atoms with Gasteiger partial charge in [-0.15, -0.1) is 0 Å². The fourth-order valence-electron chi connectivity index (χ4n) is 3.42. The lowest BCUT2D eigenvalue weighted by molar-refractivity contribution is -0.139. The number of rotatable bonds is 8. The number of carbonyl (C=O) groups excluding carboxylic acids is 2. The molecular weight excluding hydrogens is 460 g/mol. The number of benzene rings is 2. The number of carbonyl (C=O) groups is 3. The van der Waals surface area contributed by atoms with Crippen molar-refractivity contribution in [1.29, 1.82) is 0 Å². The van der Waals surface area contributed by atoms with Crippen molar-refractivity contribution >= 4 is 46.3 Å². The SMILES string of the molecule is CC(OC(=O)Nc1cc2ccccc2cn1)[C@H](CC(=O)O)N(C)C(=O)NCc1ccccc1Cl. The first-order valence-electron chi connectivity index (χ1n) is 10.5. The molecule has 2 atom stereocenters. The Morgan fingerprint density at radius 2 is 1.79 bits per heavy atom. The van der Waals surface area contributed by atoms with Crippen LogP contribution in [0.1, 0.15) is 18.9 Å². The van der Waals surface area contributed by atoms with Crippen molar-refractivity contribution in [2.24, 2.45) is 0 Å². The number of ether oxygens (including phenoxy) is 1. The summed E-state index contributed by atoms with van der Waals surface area (Å²) in [4.78, 5) is 41.9. The molecule has 3 rings (SSSR count). The third-order valence-electron chi connectivity index (χ3n) is 5.29. The molecule has 0 aliphatic heterocycles. The van der Waals surface area contributed by atoms with Gasteiger partial charge in [0, 0.05) is 30.2 Å². The smallest absolute Gasteiger partial charge is 0.413 e. The number of likely N-dealkylation sites (N-methyl/N-ethyl adjacent to an activating group) is 1. The quantitative estimate of drug-likeness (QED) is 0.432. The number of hydrogen-bond donors (Lipinski definition) is 3. The third-order valence-corrected chi connectivity index (χ3v) is 5.65. The Morgan fingerprint density at radius 3 is 2.50 bits per heavy atom. The minimum absolute atomic E-state index is 0.159. The van der Waals surface area contributed by atoms with E-state index in [0.29, 0.717) is 10.6 Å². The van der Waals surface area contributed by atoms with E-state index in [1.54, 1.807) is 36.5 Å². The first kappa shape index (κ1) is 24.8. The average Bonchev–Trinajstić information content (AvgIpc) is 2.81. The van der Waals surface area contributed by atoms with Crippen molar-refractivity contribution in [2.75, 3.05) is 12.4 Å². The highest BCUT2D eigenvalue weighted by molar-refractivity contribution is 6.31. The maximum Gasteiger partial charge on any atom is 0.413 e. The minimum atomic E-state index is -1.14. The van der Waals surface area contributed by atoms with E-state index in [2.05, 4.69) is 15.6 Å². The fraction of sp³-hybridized carbons (Fsp3) is 0.250. The summed E-state index contributed by atoms with van der Waals surface area (Å²) in [6.07, 6.45) is -0.527. The topological polar surface area (TPSA) is 121 Å². The van der Waals surface area contributed by atoms with Crippen LogP contribution >= 0.6 is 11.6 Å². The summed E-state index contributed by atoms with van der Waals surface area (Å²) < 4.78 is 5.39. The molecule has 0 fully saturated rings. The van der Waals surface area contributed by atoms with E-state index in [4.69, 9.17) is 16.3 Å². The van der Waals surface area contributed by atoms with E-state index in [1.807, 2.05) is 24.3 Å². The van der Waals surface area contributed by atoms with Crippen LogP contribution in [-0.2, 0) is 16.1 Å². The molecule has 1 aromatic heterocycles. The van der Waals surface area contributed by atoms with E-state index < -0.39 is 36.7 Å². The molecule has 0 spiro atoms. The lowest BCUT2D eigenvalue weighted by atomic mass is 10.1. The molecule has 3 amide bonds. The third kappa shape index (κ3) is 6.58. The summed E-state index contributed by atoms with van der Waals surface area (Å²) in [5.74, 6) is -0.848. The number of hydrogen-bond acceptors (Lipinski definition) is 5. The molecular formula is C24H25ClN4O5. The van der Waals surface area contributed by atoms with Crippen molar-refractivity contribution in [3.05, 3.63) is 71.4 Å². The molecule has 3 aromatic rings. The highest BCUT2D eigenvalue weighted by Gasteiger charge is 2.30. The van der Waals surface area contributed by atoms with E-state index in [1.165, 1.54) is 18.9 Å². The van der Waals surface area contributed by atoms with Gasteiger partial charge in [-0.1, -0.05) is 54.1 Å².